The van der Waals surface area contributed by atoms with Crippen LogP contribution in [0.2, 0.25) is 0 Å². The Balaban J connectivity index is 1.84. The topological polar surface area (TPSA) is 23.6 Å². The lowest BCUT2D eigenvalue weighted by Crippen LogP contribution is -2.40. The summed E-state index contributed by atoms with van der Waals surface area (Å²) in [7, 11) is 2.06. The molecule has 1 aliphatic rings. The van der Waals surface area contributed by atoms with Crippen molar-refractivity contribution in [3.63, 3.8) is 0 Å². The highest BCUT2D eigenvalue weighted by molar-refractivity contribution is 7.14. The fraction of sp³-hybridized carbons (Fsp3) is 0.667. The van der Waals surface area contributed by atoms with Gasteiger partial charge in [-0.15, -0.1) is 11.3 Å². The SMILES string of the molecule is CCN1CCCC1CN(C)CC(=O)c1ccc(C)s1. The van der Waals surface area contributed by atoms with Crippen LogP contribution in [0.5, 0.6) is 0 Å². The highest BCUT2D eigenvalue weighted by Gasteiger charge is 2.24. The van der Waals surface area contributed by atoms with Crippen molar-refractivity contribution >= 4 is 17.1 Å². The number of likely N-dealkylation sites (N-methyl/N-ethyl adjacent to an activating group) is 2. The standard InChI is InChI=1S/C15H24N2OS/c1-4-17-9-5-6-13(17)10-16(3)11-14(18)15-8-7-12(2)19-15/h7-8,13H,4-6,9-11H2,1-3H3. The van der Waals surface area contributed by atoms with Crippen LogP contribution in [0.15, 0.2) is 12.1 Å². The Hall–Kier alpha value is -0.710. The molecule has 1 saturated heterocycles. The van der Waals surface area contributed by atoms with Crippen molar-refractivity contribution in [1.82, 2.24) is 9.80 Å². The molecule has 0 N–H and O–H groups in total. The lowest BCUT2D eigenvalue weighted by atomic mass is 10.2. The average molecular weight is 280 g/mol. The quantitative estimate of drug-likeness (QED) is 0.749. The molecule has 2 heterocycles. The van der Waals surface area contributed by atoms with Crippen LogP contribution in [-0.4, -0.2) is 54.9 Å². The number of thiophene rings is 1. The monoisotopic (exact) mass is 280 g/mol. The Morgan fingerprint density at radius 3 is 2.95 bits per heavy atom. The van der Waals surface area contributed by atoms with Crippen molar-refractivity contribution in [3.8, 4) is 0 Å². The molecule has 2 rings (SSSR count). The molecule has 1 fully saturated rings. The molecule has 0 bridgehead atoms. The van der Waals surface area contributed by atoms with E-state index in [1.165, 1.54) is 24.3 Å². The Morgan fingerprint density at radius 2 is 2.32 bits per heavy atom. The van der Waals surface area contributed by atoms with Crippen LogP contribution in [-0.2, 0) is 0 Å². The zero-order chi connectivity index (χ0) is 13.8. The zero-order valence-electron chi connectivity index (χ0n) is 12.2. The van der Waals surface area contributed by atoms with Crippen molar-refractivity contribution in [1.29, 1.82) is 0 Å². The van der Waals surface area contributed by atoms with E-state index in [4.69, 9.17) is 0 Å². The first kappa shape index (κ1) is 14.7. The van der Waals surface area contributed by atoms with Gasteiger partial charge in [0.15, 0.2) is 5.78 Å². The molecule has 1 aromatic heterocycles. The lowest BCUT2D eigenvalue weighted by Gasteiger charge is -2.27. The minimum atomic E-state index is 0.252. The fourth-order valence-electron chi connectivity index (χ4n) is 2.85. The predicted molar refractivity (Wildman–Crippen MR) is 81.2 cm³/mol. The molecular formula is C15H24N2OS. The first-order valence-electron chi connectivity index (χ1n) is 7.12. The molecule has 1 aliphatic heterocycles. The summed E-state index contributed by atoms with van der Waals surface area (Å²) in [6.07, 6.45) is 2.56. The second kappa shape index (κ2) is 6.64. The van der Waals surface area contributed by atoms with Gasteiger partial charge in [-0.25, -0.2) is 0 Å². The Labute approximate surface area is 120 Å². The molecule has 1 unspecified atom stereocenters. The molecule has 1 aromatic rings. The summed E-state index contributed by atoms with van der Waals surface area (Å²) in [6.45, 7) is 8.14. The largest absolute Gasteiger partial charge is 0.299 e. The van der Waals surface area contributed by atoms with Gasteiger partial charge in [-0.05, 0) is 52.0 Å². The normalized spacial score (nSPS) is 20.3. The molecule has 0 spiro atoms. The van der Waals surface area contributed by atoms with Gasteiger partial charge in [0.2, 0.25) is 0 Å². The molecule has 0 aromatic carbocycles. The second-order valence-electron chi connectivity index (χ2n) is 5.45. The fourth-order valence-corrected chi connectivity index (χ4v) is 3.65. The number of Topliss-reactive ketones (excluding diaryl/α,β-unsaturated/α-hetero) is 1. The molecule has 0 aliphatic carbocycles. The maximum absolute atomic E-state index is 12.1. The van der Waals surface area contributed by atoms with E-state index in [1.807, 2.05) is 19.1 Å². The van der Waals surface area contributed by atoms with Crippen molar-refractivity contribution in [2.75, 3.05) is 33.2 Å². The molecule has 3 nitrogen and oxygen atoms in total. The predicted octanol–water partition coefficient (Wildman–Crippen LogP) is 2.66. The summed E-state index contributed by atoms with van der Waals surface area (Å²) < 4.78 is 0. The third-order valence-electron chi connectivity index (χ3n) is 3.86. The number of nitrogens with zero attached hydrogens (tertiary/aromatic N) is 2. The number of hydrogen-bond acceptors (Lipinski definition) is 4. The van der Waals surface area contributed by atoms with E-state index in [0.29, 0.717) is 12.6 Å². The molecule has 0 amide bonds. The van der Waals surface area contributed by atoms with Gasteiger partial charge in [0.25, 0.3) is 0 Å². The van der Waals surface area contributed by atoms with Gasteiger partial charge in [0.1, 0.15) is 0 Å². The van der Waals surface area contributed by atoms with E-state index in [-0.39, 0.29) is 5.78 Å². The molecule has 106 valence electrons. The van der Waals surface area contributed by atoms with Gasteiger partial charge in [-0.1, -0.05) is 6.92 Å². The third-order valence-corrected chi connectivity index (χ3v) is 4.90. The number of ketones is 1. The summed E-state index contributed by atoms with van der Waals surface area (Å²) >= 11 is 1.60. The second-order valence-corrected chi connectivity index (χ2v) is 6.74. The Kier molecular flexibility index (Phi) is 5.13. The molecule has 0 saturated carbocycles. The van der Waals surface area contributed by atoms with E-state index in [1.54, 1.807) is 11.3 Å². The van der Waals surface area contributed by atoms with Crippen LogP contribution < -0.4 is 0 Å². The van der Waals surface area contributed by atoms with Gasteiger partial charge in [0, 0.05) is 17.5 Å². The van der Waals surface area contributed by atoms with E-state index in [0.717, 1.165) is 18.0 Å². The Bertz CT molecular complexity index is 430. The summed E-state index contributed by atoms with van der Waals surface area (Å²) in [5.41, 5.74) is 0. The summed E-state index contributed by atoms with van der Waals surface area (Å²) in [6, 6.07) is 4.60. The average Bonchev–Trinajstić information content (AvgIpc) is 2.97. The van der Waals surface area contributed by atoms with Crippen molar-refractivity contribution < 1.29 is 4.79 Å². The van der Waals surface area contributed by atoms with Crippen LogP contribution in [0, 0.1) is 6.92 Å². The van der Waals surface area contributed by atoms with E-state index in [9.17, 15) is 4.79 Å². The van der Waals surface area contributed by atoms with E-state index < -0.39 is 0 Å². The number of carbonyl (C=O) groups excluding carboxylic acids is 1. The van der Waals surface area contributed by atoms with Crippen LogP contribution in [0.4, 0.5) is 0 Å². The lowest BCUT2D eigenvalue weighted by molar-refractivity contribution is 0.0933. The highest BCUT2D eigenvalue weighted by Crippen LogP contribution is 2.18. The number of rotatable bonds is 6. The molecule has 19 heavy (non-hydrogen) atoms. The van der Waals surface area contributed by atoms with Crippen LogP contribution in [0.3, 0.4) is 0 Å². The van der Waals surface area contributed by atoms with Gasteiger partial charge in [-0.3, -0.25) is 14.6 Å². The maximum Gasteiger partial charge on any atom is 0.186 e. The smallest absolute Gasteiger partial charge is 0.186 e. The van der Waals surface area contributed by atoms with Crippen LogP contribution in [0.25, 0.3) is 0 Å². The first-order valence-corrected chi connectivity index (χ1v) is 7.94. The van der Waals surface area contributed by atoms with Gasteiger partial charge < -0.3 is 0 Å². The Morgan fingerprint density at radius 1 is 1.53 bits per heavy atom. The van der Waals surface area contributed by atoms with Crippen molar-refractivity contribution in [2.24, 2.45) is 0 Å². The zero-order valence-corrected chi connectivity index (χ0v) is 13.0. The summed E-state index contributed by atoms with van der Waals surface area (Å²) in [5, 5.41) is 0. The summed E-state index contributed by atoms with van der Waals surface area (Å²) in [5.74, 6) is 0.252. The van der Waals surface area contributed by atoms with Gasteiger partial charge in [0.05, 0.1) is 11.4 Å². The van der Waals surface area contributed by atoms with E-state index in [2.05, 4.69) is 23.8 Å². The minimum Gasteiger partial charge on any atom is -0.299 e. The van der Waals surface area contributed by atoms with Crippen LogP contribution >= 0.6 is 11.3 Å². The van der Waals surface area contributed by atoms with Gasteiger partial charge in [-0.2, -0.15) is 0 Å². The first-order chi connectivity index (χ1) is 9.10. The van der Waals surface area contributed by atoms with Crippen molar-refractivity contribution in [3.05, 3.63) is 21.9 Å². The minimum absolute atomic E-state index is 0.252. The molecular weight excluding hydrogens is 256 g/mol. The van der Waals surface area contributed by atoms with Crippen molar-refractivity contribution in [2.45, 2.75) is 32.7 Å². The van der Waals surface area contributed by atoms with E-state index >= 15 is 0 Å². The highest BCUT2D eigenvalue weighted by atomic mass is 32.1. The van der Waals surface area contributed by atoms with Crippen LogP contribution in [0.1, 0.15) is 34.3 Å². The van der Waals surface area contributed by atoms with Gasteiger partial charge >= 0.3 is 0 Å². The number of hydrogen-bond donors (Lipinski definition) is 0. The number of aryl methyl sites for hydroxylation is 1. The number of likely N-dealkylation sites (tertiary alicyclic amines) is 1. The molecule has 0 radical (unpaired) electrons. The third kappa shape index (κ3) is 3.88. The molecule has 1 atom stereocenters. The number of carbonyl (C=O) groups is 1. The maximum atomic E-state index is 12.1. The summed E-state index contributed by atoms with van der Waals surface area (Å²) in [4.78, 5) is 18.9. The molecule has 4 heteroatoms.